The van der Waals surface area contributed by atoms with Crippen molar-refractivity contribution >= 4 is 11.9 Å². The van der Waals surface area contributed by atoms with Crippen LogP contribution in [-0.2, 0) is 14.3 Å². The van der Waals surface area contributed by atoms with E-state index in [2.05, 4.69) is 48.1 Å². The molecule has 36 heavy (non-hydrogen) atoms. The van der Waals surface area contributed by atoms with Gasteiger partial charge in [0.1, 0.15) is 6.10 Å². The third-order valence-electron chi connectivity index (χ3n) is 13.7. The summed E-state index contributed by atoms with van der Waals surface area (Å²) in [5, 5.41) is 10.5. The summed E-state index contributed by atoms with van der Waals surface area (Å²) in [4.78, 5) is 24.7. The number of hydrogen-bond donors (Lipinski definition) is 1. The minimum Gasteiger partial charge on any atom is -0.481 e. The lowest BCUT2D eigenvalue weighted by molar-refractivity contribution is -0.250. The molecule has 10 atom stereocenters. The van der Waals surface area contributed by atoms with Gasteiger partial charge in [0.15, 0.2) is 0 Å². The van der Waals surface area contributed by atoms with Gasteiger partial charge in [-0.05, 0) is 117 Å². The molecule has 5 saturated carbocycles. The average Bonchev–Trinajstić information content (AvgIpc) is 3.17. The van der Waals surface area contributed by atoms with Crippen molar-refractivity contribution in [1.29, 1.82) is 0 Å². The highest BCUT2D eigenvalue weighted by Crippen LogP contribution is 2.77. The first-order valence-electron chi connectivity index (χ1n) is 14.7. The Morgan fingerprint density at radius 3 is 2.11 bits per heavy atom. The number of ether oxygens (including phenoxy) is 1. The molecule has 4 heteroatoms. The topological polar surface area (TPSA) is 63.6 Å². The number of rotatable bonds is 3. The molecule has 0 amide bonds. The van der Waals surface area contributed by atoms with Gasteiger partial charge in [-0.25, -0.2) is 0 Å². The van der Waals surface area contributed by atoms with Crippen LogP contribution < -0.4 is 0 Å². The minimum absolute atomic E-state index is 0.00466. The van der Waals surface area contributed by atoms with E-state index in [1.807, 2.05) is 0 Å². The van der Waals surface area contributed by atoms with E-state index in [0.717, 1.165) is 44.9 Å². The van der Waals surface area contributed by atoms with Gasteiger partial charge in [0, 0.05) is 12.3 Å². The summed E-state index contributed by atoms with van der Waals surface area (Å²) in [5.41, 5.74) is 1.20. The highest BCUT2D eigenvalue weighted by atomic mass is 16.5. The molecule has 0 heterocycles. The molecule has 8 unspecified atom stereocenters. The zero-order chi connectivity index (χ0) is 26.5. The molecule has 0 aliphatic heterocycles. The number of carbonyl (C=O) groups excluding carboxylic acids is 1. The van der Waals surface area contributed by atoms with Gasteiger partial charge in [-0.2, -0.15) is 0 Å². The van der Waals surface area contributed by atoms with Gasteiger partial charge in [-0.1, -0.05) is 46.8 Å². The first-order chi connectivity index (χ1) is 16.6. The lowest BCUT2D eigenvalue weighted by Crippen LogP contribution is -2.67. The van der Waals surface area contributed by atoms with E-state index in [1.54, 1.807) is 6.92 Å². The molecule has 5 aliphatic carbocycles. The third-order valence-corrected chi connectivity index (χ3v) is 13.7. The van der Waals surface area contributed by atoms with E-state index in [1.165, 1.54) is 24.8 Å². The lowest BCUT2D eigenvalue weighted by atomic mass is 9.32. The Morgan fingerprint density at radius 1 is 0.806 bits per heavy atom. The zero-order valence-electron chi connectivity index (χ0n) is 23.9. The van der Waals surface area contributed by atoms with Gasteiger partial charge in [0.2, 0.25) is 0 Å². The van der Waals surface area contributed by atoms with Crippen molar-refractivity contribution in [2.75, 3.05) is 0 Å². The maximum Gasteiger partial charge on any atom is 0.309 e. The van der Waals surface area contributed by atoms with Crippen molar-refractivity contribution in [3.63, 3.8) is 0 Å². The van der Waals surface area contributed by atoms with Gasteiger partial charge in [-0.3, -0.25) is 9.59 Å². The number of esters is 1. The summed E-state index contributed by atoms with van der Waals surface area (Å²) in [7, 11) is 0. The monoisotopic (exact) mass is 498 g/mol. The summed E-state index contributed by atoms with van der Waals surface area (Å²) >= 11 is 0. The second-order valence-corrected chi connectivity index (χ2v) is 15.1. The Bertz CT molecular complexity index is 967. The van der Waals surface area contributed by atoms with Crippen LogP contribution in [0.5, 0.6) is 0 Å². The standard InChI is InChI=1S/C32H50O4/c1-19(2)21-11-16-32(27(34)35)18-17-30(7)22(26(21)32)9-10-24-29(6)14-13-25(36-20(3)33)28(4,5)23(29)12-15-31(24,30)8/h21-26H,1,9-18H2,2-8H3,(H,34,35)/t21-,22?,23?,24?,25?,26?,29?,30+,31?,32?/m0/s1. The Morgan fingerprint density at radius 2 is 1.50 bits per heavy atom. The van der Waals surface area contributed by atoms with Gasteiger partial charge >= 0.3 is 11.9 Å². The van der Waals surface area contributed by atoms with Crippen molar-refractivity contribution in [3.05, 3.63) is 12.2 Å². The van der Waals surface area contributed by atoms with E-state index < -0.39 is 11.4 Å². The molecule has 0 bridgehead atoms. The molecule has 0 saturated heterocycles. The summed E-state index contributed by atoms with van der Waals surface area (Å²) in [6.07, 6.45) is 10.5. The number of allylic oxidation sites excluding steroid dienone is 1. The molecule has 0 aromatic rings. The van der Waals surface area contributed by atoms with Crippen molar-refractivity contribution in [2.45, 2.75) is 119 Å². The quantitative estimate of drug-likeness (QED) is 0.320. The summed E-state index contributed by atoms with van der Waals surface area (Å²) < 4.78 is 5.88. The molecule has 202 valence electrons. The minimum atomic E-state index is -0.553. The zero-order valence-corrected chi connectivity index (χ0v) is 23.9. The molecular weight excluding hydrogens is 448 g/mol. The fourth-order valence-corrected chi connectivity index (χ4v) is 11.9. The molecule has 5 rings (SSSR count). The number of carbonyl (C=O) groups is 2. The number of carboxylic acids is 1. The van der Waals surface area contributed by atoms with E-state index in [9.17, 15) is 14.7 Å². The Hall–Kier alpha value is -1.32. The van der Waals surface area contributed by atoms with Gasteiger partial charge in [0.05, 0.1) is 5.41 Å². The van der Waals surface area contributed by atoms with Crippen LogP contribution in [0.1, 0.15) is 113 Å². The molecular formula is C32H50O4. The largest absolute Gasteiger partial charge is 0.481 e. The number of hydrogen-bond acceptors (Lipinski definition) is 3. The van der Waals surface area contributed by atoms with Crippen LogP contribution >= 0.6 is 0 Å². The van der Waals surface area contributed by atoms with E-state index in [4.69, 9.17) is 4.74 Å². The lowest BCUT2D eigenvalue weighted by Gasteiger charge is -2.72. The van der Waals surface area contributed by atoms with Crippen LogP contribution in [0, 0.1) is 56.7 Å². The van der Waals surface area contributed by atoms with E-state index in [0.29, 0.717) is 23.7 Å². The van der Waals surface area contributed by atoms with Gasteiger partial charge in [-0.15, -0.1) is 0 Å². The SMILES string of the molecule is C=C(C)[C@@H]1CCC2(C(=O)O)CC[C@]3(C)C(CCC4C5(C)CCC(OC(C)=O)C(C)(C)C5CCC43C)C12. The predicted molar refractivity (Wildman–Crippen MR) is 142 cm³/mol. The normalized spacial score (nSPS) is 51.2. The van der Waals surface area contributed by atoms with E-state index >= 15 is 0 Å². The van der Waals surface area contributed by atoms with Crippen molar-refractivity contribution in [3.8, 4) is 0 Å². The Balaban J connectivity index is 1.52. The molecule has 0 radical (unpaired) electrons. The first-order valence-corrected chi connectivity index (χ1v) is 14.7. The van der Waals surface area contributed by atoms with E-state index in [-0.39, 0.29) is 39.7 Å². The van der Waals surface area contributed by atoms with Crippen LogP contribution in [0.3, 0.4) is 0 Å². The van der Waals surface area contributed by atoms with Crippen LogP contribution in [0.15, 0.2) is 12.2 Å². The number of fused-ring (bicyclic) bond motifs is 7. The molecule has 0 spiro atoms. The fraction of sp³-hybridized carbons (Fsp3) is 0.875. The molecule has 1 N–H and O–H groups in total. The van der Waals surface area contributed by atoms with Crippen LogP contribution in [0.2, 0.25) is 0 Å². The van der Waals surface area contributed by atoms with Crippen molar-refractivity contribution in [2.24, 2.45) is 56.7 Å². The maximum atomic E-state index is 12.8. The molecule has 0 aromatic carbocycles. The summed E-state index contributed by atoms with van der Waals surface area (Å²) in [5.74, 6) is 1.49. The number of aliphatic carboxylic acids is 1. The average molecular weight is 499 g/mol. The van der Waals surface area contributed by atoms with Crippen LogP contribution in [0.4, 0.5) is 0 Å². The summed E-state index contributed by atoms with van der Waals surface area (Å²) in [6.45, 7) is 20.4. The Labute approximate surface area is 219 Å². The predicted octanol–water partition coefficient (Wildman–Crippen LogP) is 7.66. The molecule has 5 fully saturated rings. The van der Waals surface area contributed by atoms with Crippen LogP contribution in [-0.4, -0.2) is 23.1 Å². The second kappa shape index (κ2) is 8.09. The van der Waals surface area contributed by atoms with Crippen molar-refractivity contribution in [1.82, 2.24) is 0 Å². The molecule has 4 nitrogen and oxygen atoms in total. The Kier molecular flexibility index (Phi) is 5.91. The second-order valence-electron chi connectivity index (χ2n) is 15.1. The van der Waals surface area contributed by atoms with Gasteiger partial charge < -0.3 is 9.84 Å². The van der Waals surface area contributed by atoms with Crippen molar-refractivity contribution < 1.29 is 19.4 Å². The highest BCUT2D eigenvalue weighted by molar-refractivity contribution is 5.76. The summed E-state index contributed by atoms with van der Waals surface area (Å²) in [6, 6.07) is 0. The molecule has 5 aliphatic rings. The smallest absolute Gasteiger partial charge is 0.309 e. The fourth-order valence-electron chi connectivity index (χ4n) is 11.9. The molecule has 0 aromatic heterocycles. The van der Waals surface area contributed by atoms with Crippen LogP contribution in [0.25, 0.3) is 0 Å². The number of carboxylic acid groups (broad SMARTS) is 1. The van der Waals surface area contributed by atoms with Gasteiger partial charge in [0.25, 0.3) is 0 Å². The third kappa shape index (κ3) is 3.17. The maximum absolute atomic E-state index is 12.8. The first kappa shape index (κ1) is 26.3. The highest BCUT2D eigenvalue weighted by Gasteiger charge is 2.72.